The highest BCUT2D eigenvalue weighted by molar-refractivity contribution is 6.17. The van der Waals surface area contributed by atoms with Gasteiger partial charge in [-0.3, -0.25) is 0 Å². The lowest BCUT2D eigenvalue weighted by Crippen LogP contribution is -2.13. The van der Waals surface area contributed by atoms with Gasteiger partial charge in [0, 0.05) is 24.7 Å². The number of anilines is 2. The number of ether oxygens (including phenoxy) is 1. The number of hydrogen-bond acceptors (Lipinski definition) is 2. The second kappa shape index (κ2) is 6.09. The Bertz CT molecular complexity index is 596. The van der Waals surface area contributed by atoms with Crippen LogP contribution in [0, 0.1) is 11.6 Å². The molecule has 0 aromatic heterocycles. The third-order valence-electron chi connectivity index (χ3n) is 3.01. The van der Waals surface area contributed by atoms with E-state index in [0.29, 0.717) is 17.0 Å². The van der Waals surface area contributed by atoms with E-state index in [4.69, 9.17) is 16.3 Å². The van der Waals surface area contributed by atoms with E-state index < -0.39 is 11.6 Å². The molecule has 0 N–H and O–H groups in total. The van der Waals surface area contributed by atoms with Crippen LogP contribution in [-0.2, 0) is 5.88 Å². The fraction of sp³-hybridized carbons (Fsp3) is 0.200. The minimum Gasteiger partial charge on any atom is -0.497 e. The third kappa shape index (κ3) is 2.85. The number of hydrogen-bond donors (Lipinski definition) is 0. The molecule has 2 aromatic carbocycles. The lowest BCUT2D eigenvalue weighted by atomic mass is 10.1. The van der Waals surface area contributed by atoms with E-state index in [9.17, 15) is 8.78 Å². The maximum atomic E-state index is 14.0. The Morgan fingerprint density at radius 3 is 2.35 bits per heavy atom. The topological polar surface area (TPSA) is 12.5 Å². The standard InChI is InChI=1S/C15H14ClF2NO/c1-19(11-4-3-5-12(8-11)20-2)15-13(17)6-10(9-16)7-14(15)18/h3-8H,9H2,1-2H3. The number of alkyl halides is 1. The normalized spacial score (nSPS) is 10.4. The number of rotatable bonds is 4. The van der Waals surface area contributed by atoms with Crippen molar-refractivity contribution < 1.29 is 13.5 Å². The molecule has 0 saturated carbocycles. The molecule has 0 aliphatic carbocycles. The molecule has 2 rings (SSSR count). The van der Waals surface area contributed by atoms with Crippen molar-refractivity contribution in [2.45, 2.75) is 5.88 Å². The molecule has 0 aliphatic rings. The Morgan fingerprint density at radius 2 is 1.80 bits per heavy atom. The van der Waals surface area contributed by atoms with Crippen LogP contribution >= 0.6 is 11.6 Å². The molecule has 0 heterocycles. The molecular formula is C15H14ClF2NO. The second-order valence-corrected chi connectivity index (χ2v) is 4.57. The Morgan fingerprint density at radius 1 is 1.15 bits per heavy atom. The lowest BCUT2D eigenvalue weighted by Gasteiger charge is -2.21. The van der Waals surface area contributed by atoms with Crippen molar-refractivity contribution in [3.63, 3.8) is 0 Å². The Kier molecular flexibility index (Phi) is 4.45. The average Bonchev–Trinajstić information content (AvgIpc) is 2.46. The lowest BCUT2D eigenvalue weighted by molar-refractivity contribution is 0.415. The van der Waals surface area contributed by atoms with Gasteiger partial charge >= 0.3 is 0 Å². The van der Waals surface area contributed by atoms with E-state index in [-0.39, 0.29) is 11.6 Å². The third-order valence-corrected chi connectivity index (χ3v) is 3.32. The summed E-state index contributed by atoms with van der Waals surface area (Å²) in [6, 6.07) is 9.45. The molecule has 106 valence electrons. The van der Waals surface area contributed by atoms with Gasteiger partial charge in [-0.05, 0) is 29.8 Å². The summed E-state index contributed by atoms with van der Waals surface area (Å²) >= 11 is 5.60. The monoisotopic (exact) mass is 297 g/mol. The molecule has 0 fully saturated rings. The predicted octanol–water partition coefficient (Wildman–Crippen LogP) is 4.48. The van der Waals surface area contributed by atoms with Crippen LogP contribution in [0.2, 0.25) is 0 Å². The Hall–Kier alpha value is -1.81. The van der Waals surface area contributed by atoms with Gasteiger partial charge in [0.2, 0.25) is 0 Å². The van der Waals surface area contributed by atoms with Crippen molar-refractivity contribution in [1.29, 1.82) is 0 Å². The van der Waals surface area contributed by atoms with Gasteiger partial charge in [0.25, 0.3) is 0 Å². The maximum Gasteiger partial charge on any atom is 0.150 e. The first-order chi connectivity index (χ1) is 9.56. The van der Waals surface area contributed by atoms with Gasteiger partial charge in [-0.2, -0.15) is 0 Å². The van der Waals surface area contributed by atoms with Crippen LogP contribution < -0.4 is 9.64 Å². The molecule has 0 amide bonds. The second-order valence-electron chi connectivity index (χ2n) is 4.30. The van der Waals surface area contributed by atoms with E-state index in [0.717, 1.165) is 0 Å². The van der Waals surface area contributed by atoms with Gasteiger partial charge in [-0.25, -0.2) is 8.78 Å². The molecule has 20 heavy (non-hydrogen) atoms. The van der Waals surface area contributed by atoms with Gasteiger partial charge in [-0.1, -0.05) is 6.07 Å². The first kappa shape index (κ1) is 14.6. The van der Waals surface area contributed by atoms with Gasteiger partial charge in [0.1, 0.15) is 23.1 Å². The highest BCUT2D eigenvalue weighted by atomic mass is 35.5. The summed E-state index contributed by atoms with van der Waals surface area (Å²) in [5.74, 6) is -0.610. The summed E-state index contributed by atoms with van der Waals surface area (Å²) in [6.45, 7) is 0. The van der Waals surface area contributed by atoms with Crippen molar-refractivity contribution in [1.82, 2.24) is 0 Å². The van der Waals surface area contributed by atoms with Crippen LogP contribution in [0.5, 0.6) is 5.75 Å². The molecule has 0 unspecified atom stereocenters. The molecule has 0 bridgehead atoms. The van der Waals surface area contributed by atoms with E-state index in [2.05, 4.69) is 0 Å². The van der Waals surface area contributed by atoms with Crippen molar-refractivity contribution >= 4 is 23.0 Å². The van der Waals surface area contributed by atoms with Crippen LogP contribution in [0.25, 0.3) is 0 Å². The minimum absolute atomic E-state index is 0.0665. The van der Waals surface area contributed by atoms with Gasteiger partial charge < -0.3 is 9.64 Å². The molecule has 0 aliphatic heterocycles. The summed E-state index contributed by atoms with van der Waals surface area (Å²) < 4.78 is 33.2. The molecule has 0 spiro atoms. The smallest absolute Gasteiger partial charge is 0.150 e. The quantitative estimate of drug-likeness (QED) is 0.772. The van der Waals surface area contributed by atoms with Crippen LogP contribution in [0.15, 0.2) is 36.4 Å². The SMILES string of the molecule is COc1cccc(N(C)c2c(F)cc(CCl)cc2F)c1. The van der Waals surface area contributed by atoms with Crippen molar-refractivity contribution in [3.05, 3.63) is 53.6 Å². The summed E-state index contributed by atoms with van der Waals surface area (Å²) in [5, 5.41) is 0. The van der Waals surface area contributed by atoms with Crippen LogP contribution in [0.4, 0.5) is 20.2 Å². The largest absolute Gasteiger partial charge is 0.497 e. The Balaban J connectivity index is 2.44. The van der Waals surface area contributed by atoms with Crippen molar-refractivity contribution in [3.8, 4) is 5.75 Å². The van der Waals surface area contributed by atoms with Crippen LogP contribution in [0.1, 0.15) is 5.56 Å². The molecule has 0 saturated heterocycles. The highest BCUT2D eigenvalue weighted by Gasteiger charge is 2.16. The first-order valence-corrected chi connectivity index (χ1v) is 6.52. The summed E-state index contributed by atoms with van der Waals surface area (Å²) in [6.07, 6.45) is 0. The number of benzene rings is 2. The van der Waals surface area contributed by atoms with Gasteiger partial charge in [-0.15, -0.1) is 11.6 Å². The predicted molar refractivity (Wildman–Crippen MR) is 77.0 cm³/mol. The maximum absolute atomic E-state index is 14.0. The van der Waals surface area contributed by atoms with Gasteiger partial charge in [0.05, 0.1) is 7.11 Å². The van der Waals surface area contributed by atoms with E-state index >= 15 is 0 Å². The van der Waals surface area contributed by atoms with Crippen LogP contribution in [0.3, 0.4) is 0 Å². The molecular weight excluding hydrogens is 284 g/mol. The van der Waals surface area contributed by atoms with Crippen molar-refractivity contribution in [2.24, 2.45) is 0 Å². The zero-order valence-electron chi connectivity index (χ0n) is 11.2. The highest BCUT2D eigenvalue weighted by Crippen LogP contribution is 2.31. The molecule has 2 aromatic rings. The van der Waals surface area contributed by atoms with E-state index in [1.807, 2.05) is 0 Å². The summed E-state index contributed by atoms with van der Waals surface area (Å²) in [4.78, 5) is 1.44. The summed E-state index contributed by atoms with van der Waals surface area (Å²) in [7, 11) is 3.13. The number of methoxy groups -OCH3 is 1. The zero-order chi connectivity index (χ0) is 14.7. The molecule has 0 radical (unpaired) electrons. The number of halogens is 3. The molecule has 5 heteroatoms. The molecule has 2 nitrogen and oxygen atoms in total. The minimum atomic E-state index is -0.647. The fourth-order valence-corrected chi connectivity index (χ4v) is 2.12. The fourth-order valence-electron chi connectivity index (χ4n) is 1.96. The van der Waals surface area contributed by atoms with Crippen LogP contribution in [-0.4, -0.2) is 14.2 Å². The number of nitrogens with zero attached hydrogens (tertiary/aromatic N) is 1. The van der Waals surface area contributed by atoms with Gasteiger partial charge in [0.15, 0.2) is 0 Å². The zero-order valence-corrected chi connectivity index (χ0v) is 11.9. The molecule has 0 atom stereocenters. The van der Waals surface area contributed by atoms with Crippen molar-refractivity contribution in [2.75, 3.05) is 19.1 Å². The average molecular weight is 298 g/mol. The van der Waals surface area contributed by atoms with E-state index in [1.165, 1.54) is 24.1 Å². The summed E-state index contributed by atoms with van der Waals surface area (Å²) in [5.41, 5.74) is 0.914. The van der Waals surface area contributed by atoms with E-state index in [1.54, 1.807) is 31.3 Å². The first-order valence-electron chi connectivity index (χ1n) is 5.98. The Labute approximate surface area is 121 Å².